The van der Waals surface area contributed by atoms with Gasteiger partial charge < -0.3 is 25.2 Å². The van der Waals surface area contributed by atoms with Crippen molar-refractivity contribution in [3.8, 4) is 17.2 Å². The van der Waals surface area contributed by atoms with Crippen molar-refractivity contribution in [3.05, 3.63) is 125 Å². The van der Waals surface area contributed by atoms with Crippen molar-refractivity contribution in [2.45, 2.75) is 44.2 Å². The third-order valence-electron chi connectivity index (χ3n) is 8.04. The third kappa shape index (κ3) is 8.25. The van der Waals surface area contributed by atoms with E-state index in [1.54, 1.807) is 54.6 Å². The van der Waals surface area contributed by atoms with Crippen LogP contribution in [0.25, 0.3) is 10.8 Å². The molecule has 0 unspecified atom stereocenters. The number of anilines is 1. The van der Waals surface area contributed by atoms with Gasteiger partial charge in [0.25, 0.3) is 5.91 Å². The van der Waals surface area contributed by atoms with Crippen LogP contribution in [0.2, 0.25) is 5.15 Å². The highest BCUT2D eigenvalue weighted by Gasteiger charge is 2.24. The quantitative estimate of drug-likeness (QED) is 0.132. The number of amides is 2. The lowest BCUT2D eigenvalue weighted by Crippen LogP contribution is -2.39. The monoisotopic (exact) mass is 649 g/mol. The Labute approximate surface area is 276 Å². The molecule has 1 heterocycles. The highest BCUT2D eigenvalue weighted by atomic mass is 35.5. The fourth-order valence-corrected chi connectivity index (χ4v) is 5.72. The summed E-state index contributed by atoms with van der Waals surface area (Å²) in [5, 5.41) is 17.5. The molecule has 6 rings (SSSR count). The van der Waals surface area contributed by atoms with E-state index in [-0.39, 0.29) is 41.6 Å². The second kappa shape index (κ2) is 14.3. The van der Waals surface area contributed by atoms with E-state index < -0.39 is 5.97 Å². The molecule has 2 amide bonds. The largest absolute Gasteiger partial charge is 0.490 e. The number of carbonyl (C=O) groups is 3. The van der Waals surface area contributed by atoms with Crippen LogP contribution in [0.15, 0.2) is 103 Å². The van der Waals surface area contributed by atoms with Crippen molar-refractivity contribution in [1.82, 2.24) is 10.3 Å². The van der Waals surface area contributed by atoms with E-state index in [4.69, 9.17) is 21.1 Å². The Morgan fingerprint density at radius 3 is 2.19 bits per heavy atom. The third-order valence-corrected chi connectivity index (χ3v) is 8.26. The average Bonchev–Trinajstić information content (AvgIpc) is 3.07. The van der Waals surface area contributed by atoms with Gasteiger partial charge in [0.1, 0.15) is 22.4 Å². The number of benzene rings is 4. The predicted molar refractivity (Wildman–Crippen MR) is 180 cm³/mol. The summed E-state index contributed by atoms with van der Waals surface area (Å²) in [5.41, 5.74) is 1.57. The zero-order valence-corrected chi connectivity index (χ0v) is 26.1. The van der Waals surface area contributed by atoms with E-state index in [0.29, 0.717) is 22.2 Å². The molecule has 10 heteroatoms. The van der Waals surface area contributed by atoms with Gasteiger partial charge in [-0.3, -0.25) is 9.59 Å². The molecule has 47 heavy (non-hydrogen) atoms. The first kappa shape index (κ1) is 31.6. The number of aromatic nitrogens is 1. The van der Waals surface area contributed by atoms with Crippen LogP contribution >= 0.6 is 11.6 Å². The summed E-state index contributed by atoms with van der Waals surface area (Å²) in [6.45, 7) is 0. The Bertz CT molecular complexity index is 1900. The van der Waals surface area contributed by atoms with Crippen molar-refractivity contribution in [2.24, 2.45) is 0 Å². The van der Waals surface area contributed by atoms with E-state index in [1.807, 2.05) is 36.4 Å². The van der Waals surface area contributed by atoms with Crippen LogP contribution in [-0.2, 0) is 11.2 Å². The minimum Gasteiger partial charge on any atom is -0.490 e. The van der Waals surface area contributed by atoms with Gasteiger partial charge in [0, 0.05) is 12.2 Å². The molecule has 1 fully saturated rings. The molecule has 0 radical (unpaired) electrons. The van der Waals surface area contributed by atoms with Crippen molar-refractivity contribution in [3.63, 3.8) is 0 Å². The minimum atomic E-state index is -1.10. The number of carbonyl (C=O) groups excluding carboxylic acids is 2. The molecule has 3 N–H and O–H groups in total. The van der Waals surface area contributed by atoms with Gasteiger partial charge in [0.05, 0.1) is 29.3 Å². The molecule has 1 aliphatic carbocycles. The topological polar surface area (TPSA) is 127 Å². The van der Waals surface area contributed by atoms with Gasteiger partial charge in [-0.05, 0) is 103 Å². The number of nitrogens with one attached hydrogen (secondary N) is 2. The number of nitrogens with zero attached hydrogens (tertiary/aromatic N) is 1. The zero-order valence-electron chi connectivity index (χ0n) is 25.3. The van der Waals surface area contributed by atoms with Crippen LogP contribution in [0.5, 0.6) is 17.2 Å². The molecule has 0 bridgehead atoms. The average molecular weight is 650 g/mol. The van der Waals surface area contributed by atoms with Gasteiger partial charge in [-0.15, -0.1) is 0 Å². The fraction of sp³-hybridized carbons (Fsp3) is 0.189. The van der Waals surface area contributed by atoms with Crippen LogP contribution in [0.4, 0.5) is 5.69 Å². The van der Waals surface area contributed by atoms with E-state index in [9.17, 15) is 19.5 Å². The molecule has 1 aromatic heterocycles. The first-order valence-electron chi connectivity index (χ1n) is 15.3. The molecule has 0 saturated heterocycles. The number of para-hydroxylation sites is 1. The molecular weight excluding hydrogens is 618 g/mol. The van der Waals surface area contributed by atoms with E-state index in [2.05, 4.69) is 15.6 Å². The number of fused-ring (bicyclic) bond motifs is 1. The van der Waals surface area contributed by atoms with Crippen molar-refractivity contribution < 1.29 is 29.0 Å². The maximum Gasteiger partial charge on any atom is 0.337 e. The van der Waals surface area contributed by atoms with E-state index in [0.717, 1.165) is 47.8 Å². The lowest BCUT2D eigenvalue weighted by Gasteiger charge is -2.29. The van der Waals surface area contributed by atoms with Gasteiger partial charge >= 0.3 is 5.97 Å². The van der Waals surface area contributed by atoms with Gasteiger partial charge in [0.2, 0.25) is 5.91 Å². The number of ether oxygens (including phenoxy) is 2. The Hall–Kier alpha value is -5.41. The summed E-state index contributed by atoms with van der Waals surface area (Å²) in [6.07, 6.45) is 5.01. The number of rotatable bonds is 10. The number of hydrogen-bond acceptors (Lipinski definition) is 6. The van der Waals surface area contributed by atoms with E-state index in [1.165, 1.54) is 12.3 Å². The van der Waals surface area contributed by atoms with Gasteiger partial charge in [-0.1, -0.05) is 48.0 Å². The van der Waals surface area contributed by atoms with Crippen molar-refractivity contribution >= 4 is 45.8 Å². The summed E-state index contributed by atoms with van der Waals surface area (Å²) >= 11 is 5.82. The second-order valence-electron chi connectivity index (χ2n) is 11.4. The lowest BCUT2D eigenvalue weighted by atomic mass is 9.92. The smallest absolute Gasteiger partial charge is 0.337 e. The minimum absolute atomic E-state index is 0.0410. The molecule has 1 aliphatic rings. The molecular formula is C37H32ClN3O6. The number of carboxylic acid groups (broad SMARTS) is 1. The Kier molecular flexibility index (Phi) is 9.64. The molecule has 1 saturated carbocycles. The molecule has 4 aromatic carbocycles. The molecule has 9 nitrogen and oxygen atoms in total. The van der Waals surface area contributed by atoms with Gasteiger partial charge in [-0.25, -0.2) is 9.78 Å². The summed E-state index contributed by atoms with van der Waals surface area (Å²) in [4.78, 5) is 40.4. The lowest BCUT2D eigenvalue weighted by molar-refractivity contribution is -0.115. The Morgan fingerprint density at radius 1 is 0.809 bits per heavy atom. The zero-order chi connectivity index (χ0) is 32.8. The van der Waals surface area contributed by atoms with E-state index >= 15 is 0 Å². The SMILES string of the molecule is O=C(Cc1ccc(Oc2ccc3cc(OC4CCC(NC(=O)c5ccc(Cl)nc5)CC4)ccc3c2)cc1)Nc1ccccc1C(=O)O. The maximum atomic E-state index is 12.5. The molecule has 0 spiro atoms. The second-order valence-corrected chi connectivity index (χ2v) is 11.8. The summed E-state index contributed by atoms with van der Waals surface area (Å²) in [7, 11) is 0. The summed E-state index contributed by atoms with van der Waals surface area (Å²) in [6, 6.07) is 28.7. The standard InChI is InChI=1S/C37H32ClN3O6/c38-34-18-9-26(22-39-34)36(43)40-27-10-16-29(17-11-27)47-31-15-8-24-20-30(14-7-25(24)21-31)46-28-12-5-23(6-13-28)19-35(42)41-33-4-2-1-3-32(33)37(44)45/h1-9,12-15,18,20-22,27,29H,10-11,16-17,19H2,(H,40,43)(H,41,42)(H,44,45). The first-order valence-corrected chi connectivity index (χ1v) is 15.7. The number of carboxylic acids is 1. The predicted octanol–water partition coefficient (Wildman–Crippen LogP) is 7.68. The van der Waals surface area contributed by atoms with Crippen LogP contribution in [0.1, 0.15) is 52.0 Å². The van der Waals surface area contributed by atoms with Gasteiger partial charge in [0.15, 0.2) is 0 Å². The summed E-state index contributed by atoms with van der Waals surface area (Å²) < 4.78 is 12.4. The van der Waals surface area contributed by atoms with Crippen LogP contribution < -0.4 is 20.1 Å². The molecule has 238 valence electrons. The van der Waals surface area contributed by atoms with Gasteiger partial charge in [-0.2, -0.15) is 0 Å². The number of aromatic carboxylic acids is 1. The fourth-order valence-electron chi connectivity index (χ4n) is 5.60. The highest BCUT2D eigenvalue weighted by molar-refractivity contribution is 6.29. The Morgan fingerprint density at radius 2 is 1.49 bits per heavy atom. The van der Waals surface area contributed by atoms with Crippen molar-refractivity contribution in [1.29, 1.82) is 0 Å². The van der Waals surface area contributed by atoms with Crippen LogP contribution in [-0.4, -0.2) is 40.0 Å². The number of pyridine rings is 1. The maximum absolute atomic E-state index is 12.5. The molecule has 0 atom stereocenters. The number of hydrogen-bond donors (Lipinski definition) is 3. The number of halogens is 1. The van der Waals surface area contributed by atoms with Crippen molar-refractivity contribution in [2.75, 3.05) is 5.32 Å². The molecule has 0 aliphatic heterocycles. The Balaban J connectivity index is 0.990. The van der Waals surface area contributed by atoms with Crippen LogP contribution in [0.3, 0.4) is 0 Å². The highest BCUT2D eigenvalue weighted by Crippen LogP contribution is 2.30. The normalized spacial score (nSPS) is 15.9. The summed E-state index contributed by atoms with van der Waals surface area (Å²) in [5.74, 6) is 0.553. The first-order chi connectivity index (χ1) is 22.8. The molecule has 5 aromatic rings. The van der Waals surface area contributed by atoms with Crippen LogP contribution in [0, 0.1) is 0 Å².